The summed E-state index contributed by atoms with van der Waals surface area (Å²) in [6, 6.07) is 7.42. The molecule has 3 rings (SSSR count). The van der Waals surface area contributed by atoms with Crippen molar-refractivity contribution in [2.24, 2.45) is 7.05 Å². The van der Waals surface area contributed by atoms with Crippen molar-refractivity contribution >= 4 is 17.2 Å². The highest BCUT2D eigenvalue weighted by molar-refractivity contribution is 7.09. The lowest BCUT2D eigenvalue weighted by atomic mass is 9.97. The first kappa shape index (κ1) is 15.9. The molecule has 23 heavy (non-hydrogen) atoms. The molecule has 0 unspecified atom stereocenters. The minimum Gasteiger partial charge on any atom is -0.334 e. The maximum absolute atomic E-state index is 12.8. The molecule has 0 aliphatic carbocycles. The standard InChI is InChI=1S/C17H21N3O2S/c1-19-16(21)10-9-15(18-19)17(22)20-11-3-2-5-13(20)7-8-14-6-4-12-23-14/h4,6,9-10,12-13H,2-3,5,7-8,11H2,1H3/t13-/m1/s1. The normalized spacial score (nSPS) is 18.1. The maximum Gasteiger partial charge on any atom is 0.274 e. The molecule has 6 heteroatoms. The van der Waals surface area contributed by atoms with Crippen molar-refractivity contribution in [1.82, 2.24) is 14.7 Å². The summed E-state index contributed by atoms with van der Waals surface area (Å²) in [6.07, 6.45) is 5.24. The van der Waals surface area contributed by atoms with Gasteiger partial charge >= 0.3 is 0 Å². The molecule has 2 aromatic heterocycles. The first-order valence-corrected chi connectivity index (χ1v) is 8.91. The average Bonchev–Trinajstić information content (AvgIpc) is 3.08. The summed E-state index contributed by atoms with van der Waals surface area (Å²) in [5.41, 5.74) is 0.157. The van der Waals surface area contributed by atoms with Gasteiger partial charge in [0.15, 0.2) is 0 Å². The van der Waals surface area contributed by atoms with E-state index < -0.39 is 0 Å². The van der Waals surface area contributed by atoms with Gasteiger partial charge in [0.1, 0.15) is 5.69 Å². The van der Waals surface area contributed by atoms with Gasteiger partial charge in [0.05, 0.1) is 0 Å². The number of thiophene rings is 1. The molecule has 0 spiro atoms. The molecule has 1 saturated heterocycles. The summed E-state index contributed by atoms with van der Waals surface area (Å²) >= 11 is 1.77. The Hall–Kier alpha value is -1.95. The number of hydrogen-bond donors (Lipinski definition) is 0. The zero-order chi connectivity index (χ0) is 16.2. The van der Waals surface area contributed by atoms with Crippen LogP contribution in [0, 0.1) is 0 Å². The fraction of sp³-hybridized carbons (Fsp3) is 0.471. The molecule has 0 aromatic carbocycles. The molecule has 1 amide bonds. The number of rotatable bonds is 4. The van der Waals surface area contributed by atoms with E-state index in [1.54, 1.807) is 18.4 Å². The zero-order valence-electron chi connectivity index (χ0n) is 13.3. The van der Waals surface area contributed by atoms with Gasteiger partial charge in [0, 0.05) is 30.6 Å². The van der Waals surface area contributed by atoms with Gasteiger partial charge in [-0.1, -0.05) is 6.07 Å². The van der Waals surface area contributed by atoms with E-state index in [0.29, 0.717) is 5.69 Å². The van der Waals surface area contributed by atoms with Crippen molar-refractivity contribution in [3.05, 3.63) is 50.6 Å². The van der Waals surface area contributed by atoms with Crippen LogP contribution in [-0.4, -0.2) is 33.2 Å². The summed E-state index contributed by atoms with van der Waals surface area (Å²) in [5.74, 6) is -0.0588. The molecule has 0 N–H and O–H groups in total. The van der Waals surface area contributed by atoms with E-state index in [9.17, 15) is 9.59 Å². The van der Waals surface area contributed by atoms with E-state index in [1.165, 1.54) is 28.1 Å². The van der Waals surface area contributed by atoms with E-state index >= 15 is 0 Å². The van der Waals surface area contributed by atoms with Crippen molar-refractivity contribution in [1.29, 1.82) is 0 Å². The minimum absolute atomic E-state index is 0.0588. The van der Waals surface area contributed by atoms with Crippen LogP contribution in [0.15, 0.2) is 34.4 Å². The number of piperidine rings is 1. The van der Waals surface area contributed by atoms with Crippen molar-refractivity contribution in [3.63, 3.8) is 0 Å². The van der Waals surface area contributed by atoms with Gasteiger partial charge in [-0.2, -0.15) is 5.10 Å². The van der Waals surface area contributed by atoms with E-state index in [1.807, 2.05) is 4.90 Å². The van der Waals surface area contributed by atoms with Gasteiger partial charge in [-0.3, -0.25) is 9.59 Å². The Morgan fingerprint density at radius 3 is 2.96 bits per heavy atom. The van der Waals surface area contributed by atoms with Gasteiger partial charge in [-0.05, 0) is 49.6 Å². The second kappa shape index (κ2) is 7.08. The predicted octanol–water partition coefficient (Wildman–Crippen LogP) is 2.47. The summed E-state index contributed by atoms with van der Waals surface area (Å²) in [7, 11) is 1.57. The van der Waals surface area contributed by atoms with E-state index in [4.69, 9.17) is 0 Å². The van der Waals surface area contributed by atoms with Crippen LogP contribution in [0.4, 0.5) is 0 Å². The quantitative estimate of drug-likeness (QED) is 0.865. The molecular weight excluding hydrogens is 310 g/mol. The highest BCUT2D eigenvalue weighted by Crippen LogP contribution is 2.24. The molecule has 2 aromatic rings. The molecule has 0 bridgehead atoms. The van der Waals surface area contributed by atoms with Crippen LogP contribution in [0.25, 0.3) is 0 Å². The number of hydrogen-bond acceptors (Lipinski definition) is 4. The molecule has 0 radical (unpaired) electrons. The summed E-state index contributed by atoms with van der Waals surface area (Å²) in [5, 5.41) is 6.20. The lowest BCUT2D eigenvalue weighted by Crippen LogP contribution is -2.44. The number of carbonyl (C=O) groups excluding carboxylic acids is 1. The largest absolute Gasteiger partial charge is 0.334 e. The molecule has 0 saturated carbocycles. The van der Waals surface area contributed by atoms with Crippen LogP contribution in [-0.2, 0) is 13.5 Å². The molecule has 5 nitrogen and oxygen atoms in total. The SMILES string of the molecule is Cn1nc(C(=O)N2CCCC[C@@H]2CCc2cccs2)ccc1=O. The molecule has 1 aliphatic heterocycles. The van der Waals surface area contributed by atoms with Crippen molar-refractivity contribution in [2.75, 3.05) is 6.54 Å². The van der Waals surface area contributed by atoms with E-state index in [0.717, 1.165) is 32.2 Å². The third kappa shape index (κ3) is 3.69. The molecule has 1 aliphatic rings. The zero-order valence-corrected chi connectivity index (χ0v) is 14.1. The number of aryl methyl sites for hydroxylation is 2. The fourth-order valence-electron chi connectivity index (χ4n) is 3.10. The Balaban J connectivity index is 1.73. The molecule has 3 heterocycles. The third-order valence-corrected chi connectivity index (χ3v) is 5.31. The Morgan fingerprint density at radius 2 is 2.22 bits per heavy atom. The highest BCUT2D eigenvalue weighted by atomic mass is 32.1. The van der Waals surface area contributed by atoms with Gasteiger partial charge in [0.25, 0.3) is 11.5 Å². The number of nitrogens with zero attached hydrogens (tertiary/aromatic N) is 3. The van der Waals surface area contributed by atoms with Crippen LogP contribution < -0.4 is 5.56 Å². The number of likely N-dealkylation sites (tertiary alicyclic amines) is 1. The molecule has 1 fully saturated rings. The van der Waals surface area contributed by atoms with Crippen LogP contribution in [0.1, 0.15) is 41.0 Å². The minimum atomic E-state index is -0.200. The Labute approximate surface area is 139 Å². The Kier molecular flexibility index (Phi) is 4.91. The summed E-state index contributed by atoms with van der Waals surface area (Å²) in [6.45, 7) is 0.776. The smallest absolute Gasteiger partial charge is 0.274 e. The van der Waals surface area contributed by atoms with Gasteiger partial charge in [0.2, 0.25) is 0 Å². The fourth-order valence-corrected chi connectivity index (χ4v) is 3.82. The number of aromatic nitrogens is 2. The van der Waals surface area contributed by atoms with E-state index in [-0.39, 0.29) is 17.5 Å². The van der Waals surface area contributed by atoms with Crippen LogP contribution in [0.3, 0.4) is 0 Å². The van der Waals surface area contributed by atoms with Crippen LogP contribution in [0.2, 0.25) is 0 Å². The monoisotopic (exact) mass is 331 g/mol. The second-order valence-corrected chi connectivity index (χ2v) is 6.98. The first-order valence-electron chi connectivity index (χ1n) is 8.03. The topological polar surface area (TPSA) is 55.2 Å². The highest BCUT2D eigenvalue weighted by Gasteiger charge is 2.28. The Bertz CT molecular complexity index is 724. The lowest BCUT2D eigenvalue weighted by molar-refractivity contribution is 0.0593. The first-order chi connectivity index (χ1) is 11.1. The van der Waals surface area contributed by atoms with Crippen LogP contribution in [0.5, 0.6) is 0 Å². The van der Waals surface area contributed by atoms with Crippen LogP contribution >= 0.6 is 11.3 Å². The Morgan fingerprint density at radius 1 is 1.35 bits per heavy atom. The summed E-state index contributed by atoms with van der Waals surface area (Å²) < 4.78 is 1.22. The van der Waals surface area contributed by atoms with Crippen molar-refractivity contribution in [2.45, 2.75) is 38.1 Å². The molecule has 1 atom stereocenters. The second-order valence-electron chi connectivity index (χ2n) is 5.95. The van der Waals surface area contributed by atoms with Gasteiger partial charge < -0.3 is 4.90 Å². The number of amides is 1. The summed E-state index contributed by atoms with van der Waals surface area (Å²) in [4.78, 5) is 27.5. The van der Waals surface area contributed by atoms with Crippen molar-refractivity contribution < 1.29 is 4.79 Å². The lowest BCUT2D eigenvalue weighted by Gasteiger charge is -2.35. The average molecular weight is 331 g/mol. The van der Waals surface area contributed by atoms with Gasteiger partial charge in [-0.25, -0.2) is 4.68 Å². The van der Waals surface area contributed by atoms with E-state index in [2.05, 4.69) is 22.6 Å². The maximum atomic E-state index is 12.8. The number of carbonyl (C=O) groups is 1. The molecular formula is C17H21N3O2S. The molecule has 122 valence electrons. The predicted molar refractivity (Wildman–Crippen MR) is 90.8 cm³/mol. The third-order valence-electron chi connectivity index (χ3n) is 4.37. The van der Waals surface area contributed by atoms with Gasteiger partial charge in [-0.15, -0.1) is 11.3 Å². The van der Waals surface area contributed by atoms with Crippen molar-refractivity contribution in [3.8, 4) is 0 Å².